The standard InChI is InChI=1S/C16H18B2F3N/c1-14(2,16(19,20)21)15(17,18)12-8-6-11(7-9-12)13-5-3-4-10-22-13/h3-10H,17-18H2,1-2H3. The third-order valence-corrected chi connectivity index (χ3v) is 4.84. The van der Waals surface area contributed by atoms with E-state index in [9.17, 15) is 13.2 Å². The van der Waals surface area contributed by atoms with Crippen molar-refractivity contribution in [3.05, 3.63) is 54.2 Å². The molecule has 0 saturated heterocycles. The maximum absolute atomic E-state index is 13.3. The van der Waals surface area contributed by atoms with Gasteiger partial charge in [0.15, 0.2) is 0 Å². The van der Waals surface area contributed by atoms with E-state index >= 15 is 0 Å². The average molecular weight is 303 g/mol. The van der Waals surface area contributed by atoms with Crippen molar-refractivity contribution in [1.29, 1.82) is 0 Å². The summed E-state index contributed by atoms with van der Waals surface area (Å²) in [6.07, 6.45) is -2.57. The van der Waals surface area contributed by atoms with Gasteiger partial charge in [0.25, 0.3) is 0 Å². The second kappa shape index (κ2) is 5.49. The Bertz CT molecular complexity index is 635. The first kappa shape index (κ1) is 16.7. The molecule has 0 saturated carbocycles. The molecule has 0 unspecified atom stereocenters. The van der Waals surface area contributed by atoms with Crippen LogP contribution in [-0.2, 0) is 5.21 Å². The molecule has 0 atom stereocenters. The Kier molecular flexibility index (Phi) is 4.16. The lowest BCUT2D eigenvalue weighted by atomic mass is 9.40. The molecule has 2 aromatic rings. The molecule has 0 aliphatic heterocycles. The van der Waals surface area contributed by atoms with Gasteiger partial charge >= 0.3 is 6.18 Å². The quantitative estimate of drug-likeness (QED) is 0.795. The van der Waals surface area contributed by atoms with Gasteiger partial charge < -0.3 is 0 Å². The van der Waals surface area contributed by atoms with E-state index in [0.29, 0.717) is 5.56 Å². The van der Waals surface area contributed by atoms with Crippen LogP contribution in [-0.4, -0.2) is 26.9 Å². The minimum atomic E-state index is -4.27. The smallest absolute Gasteiger partial charge is 0.256 e. The van der Waals surface area contributed by atoms with Gasteiger partial charge in [0.2, 0.25) is 0 Å². The molecule has 0 spiro atoms. The summed E-state index contributed by atoms with van der Waals surface area (Å²) in [5.74, 6) is 0. The fourth-order valence-corrected chi connectivity index (χ4v) is 2.31. The Morgan fingerprint density at radius 2 is 1.50 bits per heavy atom. The summed E-state index contributed by atoms with van der Waals surface area (Å²) in [5, 5.41) is -1.03. The van der Waals surface area contributed by atoms with Crippen molar-refractivity contribution in [3.63, 3.8) is 0 Å². The largest absolute Gasteiger partial charge is 0.393 e. The second-order valence-electron chi connectivity index (χ2n) is 6.54. The Labute approximate surface area is 130 Å². The zero-order chi connectivity index (χ0) is 16.6. The summed E-state index contributed by atoms with van der Waals surface area (Å²) in [6.45, 7) is 2.50. The molecule has 0 N–H and O–H groups in total. The molecular weight excluding hydrogens is 285 g/mol. The number of benzene rings is 1. The summed E-state index contributed by atoms with van der Waals surface area (Å²) >= 11 is 0. The number of nitrogens with zero attached hydrogens (tertiary/aromatic N) is 1. The first-order valence-electron chi connectivity index (χ1n) is 7.16. The van der Waals surface area contributed by atoms with Crippen molar-refractivity contribution >= 4 is 15.7 Å². The maximum atomic E-state index is 13.3. The Balaban J connectivity index is 2.38. The van der Waals surface area contributed by atoms with E-state index < -0.39 is 16.8 Å². The highest BCUT2D eigenvalue weighted by atomic mass is 19.4. The number of alkyl halides is 3. The summed E-state index contributed by atoms with van der Waals surface area (Å²) < 4.78 is 40.0. The van der Waals surface area contributed by atoms with Crippen LogP contribution in [0.4, 0.5) is 13.2 Å². The summed E-state index contributed by atoms with van der Waals surface area (Å²) in [5.41, 5.74) is 0.536. The normalized spacial score (nSPS) is 13.1. The second-order valence-corrected chi connectivity index (χ2v) is 6.54. The fourth-order valence-electron chi connectivity index (χ4n) is 2.31. The van der Waals surface area contributed by atoms with Crippen LogP contribution in [0.1, 0.15) is 19.4 Å². The van der Waals surface area contributed by atoms with Gasteiger partial charge in [-0.05, 0) is 17.3 Å². The monoisotopic (exact) mass is 303 g/mol. The van der Waals surface area contributed by atoms with Gasteiger partial charge in [0, 0.05) is 11.8 Å². The van der Waals surface area contributed by atoms with Gasteiger partial charge in [-0.2, -0.15) is 13.2 Å². The highest BCUT2D eigenvalue weighted by Gasteiger charge is 2.56. The first-order chi connectivity index (χ1) is 10.1. The van der Waals surface area contributed by atoms with Gasteiger partial charge in [0.1, 0.15) is 15.7 Å². The number of aromatic nitrogens is 1. The van der Waals surface area contributed by atoms with Gasteiger partial charge in [-0.1, -0.05) is 49.7 Å². The number of halogens is 3. The lowest BCUT2D eigenvalue weighted by Gasteiger charge is -2.43. The highest BCUT2D eigenvalue weighted by Crippen LogP contribution is 2.48. The van der Waals surface area contributed by atoms with Crippen LogP contribution in [0.3, 0.4) is 0 Å². The molecule has 0 aliphatic carbocycles. The van der Waals surface area contributed by atoms with E-state index in [-0.39, 0.29) is 0 Å². The predicted octanol–water partition coefficient (Wildman–Crippen LogP) is 2.76. The fraction of sp³-hybridized carbons (Fsp3) is 0.312. The zero-order valence-electron chi connectivity index (χ0n) is 13.2. The molecule has 0 aliphatic rings. The topological polar surface area (TPSA) is 12.9 Å². The molecule has 1 aromatic heterocycles. The minimum Gasteiger partial charge on any atom is -0.256 e. The lowest BCUT2D eigenvalue weighted by molar-refractivity contribution is -0.217. The zero-order valence-corrected chi connectivity index (χ0v) is 13.2. The van der Waals surface area contributed by atoms with Crippen LogP contribution in [0.15, 0.2) is 48.7 Å². The number of rotatable bonds is 3. The number of pyridine rings is 1. The molecule has 6 heteroatoms. The van der Waals surface area contributed by atoms with Crippen LogP contribution in [0.25, 0.3) is 11.3 Å². The molecule has 22 heavy (non-hydrogen) atoms. The van der Waals surface area contributed by atoms with Crippen LogP contribution in [0.2, 0.25) is 0 Å². The molecule has 0 fully saturated rings. The number of hydrogen-bond acceptors (Lipinski definition) is 1. The van der Waals surface area contributed by atoms with Gasteiger partial charge in [0.05, 0.1) is 11.1 Å². The van der Waals surface area contributed by atoms with Gasteiger partial charge in [-0.15, -0.1) is 0 Å². The van der Waals surface area contributed by atoms with E-state index in [4.69, 9.17) is 0 Å². The van der Waals surface area contributed by atoms with Crippen molar-refractivity contribution in [2.45, 2.75) is 25.2 Å². The van der Waals surface area contributed by atoms with E-state index in [1.165, 1.54) is 13.8 Å². The summed E-state index contributed by atoms with van der Waals surface area (Å²) in [6, 6.07) is 12.8. The van der Waals surface area contributed by atoms with Crippen molar-refractivity contribution < 1.29 is 13.2 Å². The minimum absolute atomic E-state index is 0.662. The molecule has 2 rings (SSSR count). The first-order valence-corrected chi connectivity index (χ1v) is 7.16. The maximum Gasteiger partial charge on any atom is 0.393 e. The van der Waals surface area contributed by atoms with Crippen molar-refractivity contribution in [2.24, 2.45) is 5.41 Å². The molecule has 1 nitrogen and oxygen atoms in total. The SMILES string of the molecule is BC(B)(c1ccc(-c2ccccn2)cc1)C(C)(C)C(F)(F)F. The molecule has 1 heterocycles. The van der Waals surface area contributed by atoms with E-state index in [2.05, 4.69) is 4.98 Å². The third-order valence-electron chi connectivity index (χ3n) is 4.84. The van der Waals surface area contributed by atoms with E-state index in [1.807, 2.05) is 30.3 Å². The average Bonchev–Trinajstić information content (AvgIpc) is 2.47. The van der Waals surface area contributed by atoms with Crippen LogP contribution in [0, 0.1) is 5.41 Å². The van der Waals surface area contributed by atoms with Gasteiger partial charge in [-0.25, -0.2) is 0 Å². The van der Waals surface area contributed by atoms with Crippen molar-refractivity contribution in [2.75, 3.05) is 0 Å². The van der Waals surface area contributed by atoms with Crippen LogP contribution < -0.4 is 0 Å². The Morgan fingerprint density at radius 3 is 1.95 bits per heavy atom. The molecule has 0 amide bonds. The molecular formula is C16H18B2F3N. The molecule has 0 radical (unpaired) electrons. The summed E-state index contributed by atoms with van der Waals surface area (Å²) in [4.78, 5) is 4.25. The lowest BCUT2D eigenvalue weighted by Crippen LogP contribution is -2.52. The summed E-state index contributed by atoms with van der Waals surface area (Å²) in [7, 11) is 3.27. The third kappa shape index (κ3) is 2.79. The molecule has 0 bridgehead atoms. The van der Waals surface area contributed by atoms with E-state index in [0.717, 1.165) is 11.3 Å². The number of hydrogen-bond donors (Lipinski definition) is 0. The Morgan fingerprint density at radius 1 is 0.909 bits per heavy atom. The molecule has 1 aromatic carbocycles. The van der Waals surface area contributed by atoms with Crippen LogP contribution >= 0.6 is 0 Å². The van der Waals surface area contributed by atoms with Crippen LogP contribution in [0.5, 0.6) is 0 Å². The molecule has 114 valence electrons. The van der Waals surface area contributed by atoms with Gasteiger partial charge in [-0.3, -0.25) is 4.98 Å². The highest BCUT2D eigenvalue weighted by molar-refractivity contribution is 6.40. The van der Waals surface area contributed by atoms with Crippen molar-refractivity contribution in [1.82, 2.24) is 4.98 Å². The predicted molar refractivity (Wildman–Crippen MR) is 88.3 cm³/mol. The Hall–Kier alpha value is -1.71. The van der Waals surface area contributed by atoms with E-state index in [1.54, 1.807) is 34.0 Å². The van der Waals surface area contributed by atoms with Crippen molar-refractivity contribution in [3.8, 4) is 11.3 Å².